The molecule has 1 aliphatic heterocycles. The molecule has 0 aromatic heterocycles. The minimum Gasteiger partial charge on any atom is -0.313 e. The number of hydrogen-bond donors (Lipinski definition) is 0. The van der Waals surface area contributed by atoms with E-state index in [1.54, 1.807) is 0 Å². The molecular weight excluding hydrogens is 180 g/mol. The summed E-state index contributed by atoms with van der Waals surface area (Å²) in [5.41, 5.74) is 2.21. The van der Waals surface area contributed by atoms with Crippen LogP contribution in [-0.4, -0.2) is 6.29 Å². The smallest absolute Gasteiger partial charge is 0.220 e. The van der Waals surface area contributed by atoms with Crippen molar-refractivity contribution in [3.63, 3.8) is 0 Å². The van der Waals surface area contributed by atoms with Gasteiger partial charge in [-0.2, -0.15) is 4.89 Å². The molecule has 1 aliphatic rings. The number of aryl methyl sites for hydroxylation is 1. The van der Waals surface area contributed by atoms with Crippen LogP contribution in [0.15, 0.2) is 24.3 Å². The maximum Gasteiger partial charge on any atom is 0.220 e. The molecule has 0 amide bonds. The Bertz CT molecular complexity index is 294. The first-order chi connectivity index (χ1) is 6.79. The Hall–Kier alpha value is -0.900. The summed E-state index contributed by atoms with van der Waals surface area (Å²) in [5, 5.41) is 0. The van der Waals surface area contributed by atoms with Crippen molar-refractivity contribution in [1.82, 2.24) is 0 Å². The van der Waals surface area contributed by atoms with Gasteiger partial charge in [-0.3, -0.25) is 0 Å². The maximum atomic E-state index is 5.49. The predicted molar refractivity (Wildman–Crippen MR) is 51.3 cm³/mol. The third-order valence-corrected chi connectivity index (χ3v) is 2.21. The van der Waals surface area contributed by atoms with Crippen LogP contribution in [0.3, 0.4) is 0 Å². The van der Waals surface area contributed by atoms with Gasteiger partial charge in [0.25, 0.3) is 0 Å². The molecule has 2 rings (SSSR count). The molecule has 2 unspecified atom stereocenters. The average molecular weight is 194 g/mol. The lowest BCUT2D eigenvalue weighted by Crippen LogP contribution is -2.05. The Kier molecular flexibility index (Phi) is 2.82. The molecular formula is C11H14O3. The first-order valence-electron chi connectivity index (χ1n) is 4.83. The molecule has 3 heteroatoms. The molecule has 14 heavy (non-hydrogen) atoms. The van der Waals surface area contributed by atoms with E-state index >= 15 is 0 Å². The van der Waals surface area contributed by atoms with Gasteiger partial charge in [-0.1, -0.05) is 36.8 Å². The van der Waals surface area contributed by atoms with Crippen molar-refractivity contribution < 1.29 is 14.5 Å². The van der Waals surface area contributed by atoms with E-state index in [0.717, 1.165) is 12.0 Å². The standard InChI is InChI=1S/C11H14O3/c1-3-10-12-11(14-13-10)9-6-4-8(2)5-7-9/h4-7,10-11H,3H2,1-2H3. The Balaban J connectivity index is 2.06. The second-order valence-electron chi connectivity index (χ2n) is 3.41. The molecule has 1 aromatic carbocycles. The average Bonchev–Trinajstić information content (AvgIpc) is 2.67. The van der Waals surface area contributed by atoms with Crippen LogP contribution in [0.1, 0.15) is 30.8 Å². The minimum atomic E-state index is -0.374. The zero-order chi connectivity index (χ0) is 9.97. The van der Waals surface area contributed by atoms with Crippen LogP contribution in [0.4, 0.5) is 0 Å². The lowest BCUT2D eigenvalue weighted by molar-refractivity contribution is -0.298. The molecule has 0 bridgehead atoms. The fourth-order valence-corrected chi connectivity index (χ4v) is 1.32. The summed E-state index contributed by atoms with van der Waals surface area (Å²) in [6.07, 6.45) is 0.185. The van der Waals surface area contributed by atoms with Crippen molar-refractivity contribution in [3.8, 4) is 0 Å². The second-order valence-corrected chi connectivity index (χ2v) is 3.41. The SMILES string of the molecule is CCC1OOC(c2ccc(C)cc2)O1. The third-order valence-electron chi connectivity index (χ3n) is 2.21. The van der Waals surface area contributed by atoms with Crippen molar-refractivity contribution in [2.45, 2.75) is 32.8 Å². The van der Waals surface area contributed by atoms with Crippen molar-refractivity contribution >= 4 is 0 Å². The van der Waals surface area contributed by atoms with Gasteiger partial charge in [-0.25, -0.2) is 4.89 Å². The van der Waals surface area contributed by atoms with Crippen molar-refractivity contribution in [1.29, 1.82) is 0 Å². The topological polar surface area (TPSA) is 27.7 Å². The Morgan fingerprint density at radius 3 is 2.43 bits per heavy atom. The van der Waals surface area contributed by atoms with E-state index in [1.807, 2.05) is 38.1 Å². The lowest BCUT2D eigenvalue weighted by Gasteiger charge is -2.07. The van der Waals surface area contributed by atoms with Gasteiger partial charge >= 0.3 is 0 Å². The fourth-order valence-electron chi connectivity index (χ4n) is 1.32. The van der Waals surface area contributed by atoms with Gasteiger partial charge in [-0.05, 0) is 13.3 Å². The van der Waals surface area contributed by atoms with Gasteiger partial charge in [0.05, 0.1) is 0 Å². The number of benzene rings is 1. The zero-order valence-electron chi connectivity index (χ0n) is 8.40. The van der Waals surface area contributed by atoms with Crippen LogP contribution in [0.25, 0.3) is 0 Å². The van der Waals surface area contributed by atoms with Gasteiger partial charge in [0.15, 0.2) is 6.29 Å². The van der Waals surface area contributed by atoms with Crippen LogP contribution in [0.5, 0.6) is 0 Å². The highest BCUT2D eigenvalue weighted by atomic mass is 17.3. The normalized spacial score (nSPS) is 26.7. The van der Waals surface area contributed by atoms with Crippen LogP contribution in [0.2, 0.25) is 0 Å². The highest BCUT2D eigenvalue weighted by molar-refractivity contribution is 5.22. The van der Waals surface area contributed by atoms with E-state index in [1.165, 1.54) is 5.56 Å². The van der Waals surface area contributed by atoms with E-state index in [2.05, 4.69) is 0 Å². The summed E-state index contributed by atoms with van der Waals surface area (Å²) < 4.78 is 5.49. The van der Waals surface area contributed by atoms with E-state index in [0.29, 0.717) is 0 Å². The van der Waals surface area contributed by atoms with Crippen LogP contribution in [-0.2, 0) is 14.5 Å². The largest absolute Gasteiger partial charge is 0.313 e. The molecule has 1 heterocycles. The van der Waals surface area contributed by atoms with Crippen LogP contribution >= 0.6 is 0 Å². The van der Waals surface area contributed by atoms with Gasteiger partial charge < -0.3 is 4.74 Å². The van der Waals surface area contributed by atoms with Crippen LogP contribution in [0, 0.1) is 6.92 Å². The summed E-state index contributed by atoms with van der Waals surface area (Å²) in [5.74, 6) is 0. The first-order valence-corrected chi connectivity index (χ1v) is 4.83. The summed E-state index contributed by atoms with van der Waals surface area (Å²) >= 11 is 0. The monoisotopic (exact) mass is 194 g/mol. The molecule has 1 fully saturated rings. The third kappa shape index (κ3) is 1.95. The quantitative estimate of drug-likeness (QED) is 0.677. The van der Waals surface area contributed by atoms with E-state index in [-0.39, 0.29) is 12.6 Å². The predicted octanol–water partition coefficient (Wildman–Crippen LogP) is 2.71. The second kappa shape index (κ2) is 4.09. The van der Waals surface area contributed by atoms with Crippen molar-refractivity contribution in [3.05, 3.63) is 35.4 Å². The van der Waals surface area contributed by atoms with E-state index in [9.17, 15) is 0 Å². The zero-order valence-corrected chi connectivity index (χ0v) is 8.40. The maximum absolute atomic E-state index is 5.49. The Morgan fingerprint density at radius 1 is 1.14 bits per heavy atom. The summed E-state index contributed by atoms with van der Waals surface area (Å²) in [6, 6.07) is 8.03. The minimum absolute atomic E-state index is 0.235. The Labute approximate surface area is 83.5 Å². The molecule has 76 valence electrons. The van der Waals surface area contributed by atoms with Crippen LogP contribution < -0.4 is 0 Å². The fraction of sp³-hybridized carbons (Fsp3) is 0.455. The number of ether oxygens (including phenoxy) is 1. The summed E-state index contributed by atoms with van der Waals surface area (Å²) in [4.78, 5) is 10.0. The highest BCUT2D eigenvalue weighted by Gasteiger charge is 2.27. The number of rotatable bonds is 2. The first kappa shape index (κ1) is 9.65. The molecule has 0 spiro atoms. The van der Waals surface area contributed by atoms with Crippen molar-refractivity contribution in [2.24, 2.45) is 0 Å². The van der Waals surface area contributed by atoms with E-state index < -0.39 is 0 Å². The molecule has 0 aliphatic carbocycles. The molecule has 3 nitrogen and oxygen atoms in total. The molecule has 1 aromatic rings. The molecule has 2 atom stereocenters. The van der Waals surface area contributed by atoms with Gasteiger partial charge in [0.2, 0.25) is 6.29 Å². The molecule has 0 N–H and O–H groups in total. The van der Waals surface area contributed by atoms with E-state index in [4.69, 9.17) is 14.5 Å². The van der Waals surface area contributed by atoms with Gasteiger partial charge in [0.1, 0.15) is 0 Å². The van der Waals surface area contributed by atoms with Crippen molar-refractivity contribution in [2.75, 3.05) is 0 Å². The summed E-state index contributed by atoms with van der Waals surface area (Å²) in [7, 11) is 0. The molecule has 0 radical (unpaired) electrons. The summed E-state index contributed by atoms with van der Waals surface area (Å²) in [6.45, 7) is 4.04. The lowest BCUT2D eigenvalue weighted by atomic mass is 10.1. The van der Waals surface area contributed by atoms with Gasteiger partial charge in [-0.15, -0.1) is 0 Å². The van der Waals surface area contributed by atoms with Gasteiger partial charge in [0, 0.05) is 5.56 Å². The Morgan fingerprint density at radius 2 is 1.86 bits per heavy atom. The molecule has 1 saturated heterocycles. The number of hydrogen-bond acceptors (Lipinski definition) is 3. The highest BCUT2D eigenvalue weighted by Crippen LogP contribution is 2.28. The molecule has 0 saturated carbocycles.